The first-order valence-electron chi connectivity index (χ1n) is 4.09. The summed E-state index contributed by atoms with van der Waals surface area (Å²) in [5.41, 5.74) is 2.27. The molecule has 0 fully saturated rings. The number of hydrogen-bond donors (Lipinski definition) is 0. The van der Waals surface area contributed by atoms with E-state index < -0.39 is 0 Å². The normalized spacial score (nSPS) is 10.8. The van der Waals surface area contributed by atoms with Gasteiger partial charge in [0.1, 0.15) is 0 Å². The van der Waals surface area contributed by atoms with Crippen molar-refractivity contribution in [1.29, 1.82) is 0 Å². The van der Waals surface area contributed by atoms with Crippen molar-refractivity contribution in [2.75, 3.05) is 0 Å². The highest BCUT2D eigenvalue weighted by molar-refractivity contribution is 5.74. The van der Waals surface area contributed by atoms with Gasteiger partial charge in [0, 0.05) is 6.54 Å². The zero-order valence-electron chi connectivity index (χ0n) is 7.07. The van der Waals surface area contributed by atoms with E-state index >= 15 is 0 Å². The Balaban J connectivity index is 2.55. The van der Waals surface area contributed by atoms with E-state index in [1.54, 1.807) is 0 Å². The largest absolute Gasteiger partial charge is 0.330 e. The Morgan fingerprint density at radius 2 is 2.25 bits per heavy atom. The molecule has 0 aliphatic carbocycles. The van der Waals surface area contributed by atoms with Crippen LogP contribution in [-0.4, -0.2) is 9.55 Å². The minimum atomic E-state index is 0.931. The average Bonchev–Trinajstić information content (AvgIpc) is 2.50. The molecule has 2 nitrogen and oxygen atoms in total. The lowest BCUT2D eigenvalue weighted by Crippen LogP contribution is -1.93. The zero-order valence-corrected chi connectivity index (χ0v) is 7.07. The standard InChI is InChI=1S/C10H11N2/c1-2-7-12-8-11-9-5-3-4-6-10(9)12/h2-6,8H,7H2,1H3. The molecule has 1 radical (unpaired) electrons. The van der Waals surface area contributed by atoms with Crippen LogP contribution in [0.25, 0.3) is 11.0 Å². The second kappa shape index (κ2) is 2.97. The zero-order chi connectivity index (χ0) is 8.39. The van der Waals surface area contributed by atoms with Gasteiger partial charge in [-0.3, -0.25) is 0 Å². The first-order valence-corrected chi connectivity index (χ1v) is 4.09. The predicted octanol–water partition coefficient (Wildman–Crippen LogP) is 2.26. The van der Waals surface area contributed by atoms with E-state index in [9.17, 15) is 0 Å². The summed E-state index contributed by atoms with van der Waals surface area (Å²) >= 11 is 0. The van der Waals surface area contributed by atoms with Crippen LogP contribution in [-0.2, 0) is 6.54 Å². The number of hydrogen-bond acceptors (Lipinski definition) is 1. The molecule has 0 atom stereocenters. The minimum absolute atomic E-state index is 0.931. The second-order valence-electron chi connectivity index (χ2n) is 2.79. The van der Waals surface area contributed by atoms with Gasteiger partial charge in [0.15, 0.2) is 0 Å². The molecule has 0 spiro atoms. The molecule has 61 valence electrons. The molecule has 1 heterocycles. The van der Waals surface area contributed by atoms with Gasteiger partial charge in [0.25, 0.3) is 0 Å². The molecule has 0 aliphatic heterocycles. The number of aromatic nitrogens is 2. The molecule has 1 aromatic heterocycles. The van der Waals surface area contributed by atoms with Crippen LogP contribution in [0.3, 0.4) is 0 Å². The molecule has 0 aliphatic rings. The smallest absolute Gasteiger partial charge is 0.0958 e. The molecule has 0 saturated heterocycles. The first kappa shape index (κ1) is 7.35. The molecule has 2 aromatic rings. The van der Waals surface area contributed by atoms with Crippen molar-refractivity contribution in [3.8, 4) is 0 Å². The van der Waals surface area contributed by atoms with E-state index in [1.807, 2.05) is 24.5 Å². The lowest BCUT2D eigenvalue weighted by Gasteiger charge is -1.99. The first-order chi connectivity index (χ1) is 5.92. The topological polar surface area (TPSA) is 17.8 Å². The Bertz CT molecular complexity index is 376. The molecule has 12 heavy (non-hydrogen) atoms. The molecule has 0 unspecified atom stereocenters. The molecule has 1 aromatic carbocycles. The second-order valence-corrected chi connectivity index (χ2v) is 2.79. The van der Waals surface area contributed by atoms with Crippen molar-refractivity contribution in [3.63, 3.8) is 0 Å². The van der Waals surface area contributed by atoms with E-state index in [4.69, 9.17) is 0 Å². The van der Waals surface area contributed by atoms with Gasteiger partial charge in [-0.1, -0.05) is 19.1 Å². The van der Waals surface area contributed by atoms with Crippen LogP contribution >= 0.6 is 0 Å². The van der Waals surface area contributed by atoms with Crippen molar-refractivity contribution in [2.45, 2.75) is 13.5 Å². The van der Waals surface area contributed by atoms with Crippen molar-refractivity contribution >= 4 is 11.0 Å². The summed E-state index contributed by atoms with van der Waals surface area (Å²) in [4.78, 5) is 4.28. The van der Waals surface area contributed by atoms with E-state index in [-0.39, 0.29) is 0 Å². The molecule has 0 amide bonds. The maximum Gasteiger partial charge on any atom is 0.0958 e. The van der Waals surface area contributed by atoms with Crippen LogP contribution < -0.4 is 0 Å². The SMILES string of the molecule is C[CH]Cn1cnc2ccccc21. The highest BCUT2D eigenvalue weighted by Gasteiger charge is 1.98. The molecule has 0 bridgehead atoms. The summed E-state index contributed by atoms with van der Waals surface area (Å²) in [6, 6.07) is 8.17. The molecular formula is C10H11N2. The summed E-state index contributed by atoms with van der Waals surface area (Å²) in [6.45, 7) is 2.98. The van der Waals surface area contributed by atoms with Crippen molar-refractivity contribution in [1.82, 2.24) is 9.55 Å². The van der Waals surface area contributed by atoms with Gasteiger partial charge in [-0.15, -0.1) is 0 Å². The van der Waals surface area contributed by atoms with Gasteiger partial charge >= 0.3 is 0 Å². The van der Waals surface area contributed by atoms with E-state index in [2.05, 4.69) is 29.0 Å². The van der Waals surface area contributed by atoms with Gasteiger partial charge in [-0.05, 0) is 18.6 Å². The molecule has 0 saturated carbocycles. The van der Waals surface area contributed by atoms with Crippen molar-refractivity contribution in [2.24, 2.45) is 0 Å². The Morgan fingerprint density at radius 3 is 3.08 bits per heavy atom. The number of nitrogens with zero attached hydrogens (tertiary/aromatic N) is 2. The minimum Gasteiger partial charge on any atom is -0.330 e. The summed E-state index contributed by atoms with van der Waals surface area (Å²) < 4.78 is 2.13. The molecule has 2 heteroatoms. The Hall–Kier alpha value is -1.31. The number of rotatable bonds is 2. The molecule has 0 N–H and O–H groups in total. The maximum atomic E-state index is 4.28. The third-order valence-electron chi connectivity index (χ3n) is 1.91. The predicted molar refractivity (Wildman–Crippen MR) is 49.7 cm³/mol. The molecular weight excluding hydrogens is 148 g/mol. The fourth-order valence-electron chi connectivity index (χ4n) is 1.35. The third kappa shape index (κ3) is 1.09. The lowest BCUT2D eigenvalue weighted by molar-refractivity contribution is 0.803. The Labute approximate surface area is 71.8 Å². The van der Waals surface area contributed by atoms with Crippen molar-refractivity contribution in [3.05, 3.63) is 37.0 Å². The van der Waals surface area contributed by atoms with Crippen LogP contribution in [0.2, 0.25) is 0 Å². The van der Waals surface area contributed by atoms with Crippen LogP contribution in [0.5, 0.6) is 0 Å². The van der Waals surface area contributed by atoms with Crippen molar-refractivity contribution < 1.29 is 0 Å². The third-order valence-corrected chi connectivity index (χ3v) is 1.91. The monoisotopic (exact) mass is 159 g/mol. The van der Waals surface area contributed by atoms with Gasteiger partial charge in [0.05, 0.1) is 17.4 Å². The van der Waals surface area contributed by atoms with Crippen LogP contribution in [0.4, 0.5) is 0 Å². The summed E-state index contributed by atoms with van der Waals surface area (Å²) in [7, 11) is 0. The van der Waals surface area contributed by atoms with E-state index in [0.29, 0.717) is 0 Å². The van der Waals surface area contributed by atoms with Gasteiger partial charge < -0.3 is 4.57 Å². The number of benzene rings is 1. The van der Waals surface area contributed by atoms with Crippen LogP contribution in [0.1, 0.15) is 6.92 Å². The number of fused-ring (bicyclic) bond motifs is 1. The highest BCUT2D eigenvalue weighted by atomic mass is 15.0. The summed E-state index contributed by atoms with van der Waals surface area (Å²) in [5.74, 6) is 0. The Kier molecular flexibility index (Phi) is 1.82. The summed E-state index contributed by atoms with van der Waals surface area (Å²) in [5, 5.41) is 0. The Morgan fingerprint density at radius 1 is 1.42 bits per heavy atom. The maximum absolute atomic E-state index is 4.28. The van der Waals surface area contributed by atoms with Crippen LogP contribution in [0.15, 0.2) is 30.6 Å². The highest BCUT2D eigenvalue weighted by Crippen LogP contribution is 2.11. The number of para-hydroxylation sites is 2. The van der Waals surface area contributed by atoms with Gasteiger partial charge in [0.2, 0.25) is 0 Å². The van der Waals surface area contributed by atoms with E-state index in [1.165, 1.54) is 5.52 Å². The van der Waals surface area contributed by atoms with Gasteiger partial charge in [-0.2, -0.15) is 0 Å². The lowest BCUT2D eigenvalue weighted by atomic mass is 10.3. The fraction of sp³-hybridized carbons (Fsp3) is 0.200. The average molecular weight is 159 g/mol. The van der Waals surface area contributed by atoms with Gasteiger partial charge in [-0.25, -0.2) is 4.98 Å². The van der Waals surface area contributed by atoms with Crippen LogP contribution in [0, 0.1) is 6.42 Å². The summed E-state index contributed by atoms with van der Waals surface area (Å²) in [6.07, 6.45) is 4.00. The quantitative estimate of drug-likeness (QED) is 0.657. The van der Waals surface area contributed by atoms with E-state index in [0.717, 1.165) is 12.1 Å². The fourth-order valence-corrected chi connectivity index (χ4v) is 1.35. The number of imidazole rings is 1. The molecule has 2 rings (SSSR count).